The van der Waals surface area contributed by atoms with Crippen LogP contribution in [0.15, 0.2) is 0 Å². The number of carbonyl (C=O) groups is 3. The largest absolute Gasteiger partial charge is 0.462 e. The van der Waals surface area contributed by atoms with Crippen molar-refractivity contribution in [2.24, 2.45) is 11.8 Å². The quantitative estimate of drug-likeness (QED) is 0.0346. The number of rotatable bonds is 45. The standard InChI is InChI=1S/C51H98O6/c1-6-7-8-9-10-11-12-13-14-15-16-17-18-21-27-33-38-43-51(54)57-48(45-56-50(53)42-37-32-28-23-25-30-35-40-47(4)5)44-55-49(52)41-36-31-26-22-19-20-24-29-34-39-46(2)3/h46-48H,6-45H2,1-5H3/t48-/m1/s1. The number of ether oxygens (including phenoxy) is 3. The Morgan fingerprint density at radius 3 is 0.860 bits per heavy atom. The van der Waals surface area contributed by atoms with Gasteiger partial charge in [0.05, 0.1) is 0 Å². The first-order valence-corrected chi connectivity index (χ1v) is 25.2. The van der Waals surface area contributed by atoms with Crippen molar-refractivity contribution in [3.63, 3.8) is 0 Å². The third-order valence-electron chi connectivity index (χ3n) is 11.5. The minimum atomic E-state index is -0.762. The van der Waals surface area contributed by atoms with Crippen LogP contribution in [0, 0.1) is 11.8 Å². The predicted molar refractivity (Wildman–Crippen MR) is 243 cm³/mol. The molecule has 0 unspecified atom stereocenters. The lowest BCUT2D eigenvalue weighted by Crippen LogP contribution is -2.30. The summed E-state index contributed by atoms with van der Waals surface area (Å²) in [4.78, 5) is 37.8. The molecule has 0 aliphatic heterocycles. The van der Waals surface area contributed by atoms with E-state index >= 15 is 0 Å². The van der Waals surface area contributed by atoms with E-state index in [9.17, 15) is 14.4 Å². The molecule has 0 aliphatic rings. The van der Waals surface area contributed by atoms with Crippen LogP contribution in [0.3, 0.4) is 0 Å². The maximum atomic E-state index is 12.8. The molecule has 0 saturated heterocycles. The van der Waals surface area contributed by atoms with E-state index in [1.807, 2.05) is 0 Å². The molecule has 57 heavy (non-hydrogen) atoms. The lowest BCUT2D eigenvalue weighted by atomic mass is 10.0. The number of esters is 3. The van der Waals surface area contributed by atoms with E-state index in [1.165, 1.54) is 167 Å². The van der Waals surface area contributed by atoms with Gasteiger partial charge in [-0.15, -0.1) is 0 Å². The van der Waals surface area contributed by atoms with Gasteiger partial charge < -0.3 is 14.2 Å². The molecule has 0 amide bonds. The zero-order valence-electron chi connectivity index (χ0n) is 39.0. The highest BCUT2D eigenvalue weighted by molar-refractivity contribution is 5.71. The highest BCUT2D eigenvalue weighted by Gasteiger charge is 2.19. The number of hydrogen-bond donors (Lipinski definition) is 0. The Morgan fingerprint density at radius 2 is 0.579 bits per heavy atom. The minimum Gasteiger partial charge on any atom is -0.462 e. The second kappa shape index (κ2) is 44.0. The number of carbonyl (C=O) groups excluding carboxylic acids is 3. The van der Waals surface area contributed by atoms with Gasteiger partial charge >= 0.3 is 17.9 Å². The summed E-state index contributed by atoms with van der Waals surface area (Å²) >= 11 is 0. The van der Waals surface area contributed by atoms with Crippen LogP contribution in [-0.2, 0) is 28.6 Å². The highest BCUT2D eigenvalue weighted by atomic mass is 16.6. The van der Waals surface area contributed by atoms with Gasteiger partial charge in [-0.3, -0.25) is 14.4 Å². The summed E-state index contributed by atoms with van der Waals surface area (Å²) in [5.41, 5.74) is 0. The van der Waals surface area contributed by atoms with Crippen molar-refractivity contribution in [2.45, 2.75) is 285 Å². The van der Waals surface area contributed by atoms with Crippen molar-refractivity contribution in [2.75, 3.05) is 13.2 Å². The van der Waals surface area contributed by atoms with Crippen LogP contribution in [0.25, 0.3) is 0 Å². The summed E-state index contributed by atoms with van der Waals surface area (Å²) in [5.74, 6) is 0.736. The zero-order valence-corrected chi connectivity index (χ0v) is 39.0. The first-order valence-electron chi connectivity index (χ1n) is 25.2. The monoisotopic (exact) mass is 807 g/mol. The number of hydrogen-bond acceptors (Lipinski definition) is 6. The summed E-state index contributed by atoms with van der Waals surface area (Å²) in [6, 6.07) is 0. The van der Waals surface area contributed by atoms with Crippen LogP contribution < -0.4 is 0 Å². The lowest BCUT2D eigenvalue weighted by molar-refractivity contribution is -0.167. The molecule has 0 aromatic carbocycles. The van der Waals surface area contributed by atoms with Crippen molar-refractivity contribution in [1.29, 1.82) is 0 Å². The Morgan fingerprint density at radius 1 is 0.333 bits per heavy atom. The van der Waals surface area contributed by atoms with E-state index in [0.717, 1.165) is 69.6 Å². The van der Waals surface area contributed by atoms with Crippen LogP contribution in [0.5, 0.6) is 0 Å². The molecular weight excluding hydrogens is 709 g/mol. The van der Waals surface area contributed by atoms with Crippen LogP contribution in [0.2, 0.25) is 0 Å². The fraction of sp³-hybridized carbons (Fsp3) is 0.941. The fourth-order valence-electron chi connectivity index (χ4n) is 7.64. The smallest absolute Gasteiger partial charge is 0.306 e. The van der Waals surface area contributed by atoms with Crippen LogP contribution in [0.1, 0.15) is 279 Å². The molecule has 0 radical (unpaired) electrons. The average Bonchev–Trinajstić information content (AvgIpc) is 3.18. The van der Waals surface area contributed by atoms with Crippen molar-refractivity contribution < 1.29 is 28.6 Å². The molecule has 0 heterocycles. The van der Waals surface area contributed by atoms with Crippen LogP contribution >= 0.6 is 0 Å². The predicted octanol–water partition coefficient (Wildman–Crippen LogP) is 16.1. The van der Waals surface area contributed by atoms with Crippen LogP contribution in [0.4, 0.5) is 0 Å². The topological polar surface area (TPSA) is 78.9 Å². The van der Waals surface area contributed by atoms with Gasteiger partial charge in [0, 0.05) is 19.3 Å². The Hall–Kier alpha value is -1.59. The average molecular weight is 807 g/mol. The molecule has 0 bridgehead atoms. The molecule has 1 atom stereocenters. The number of unbranched alkanes of at least 4 members (excludes halogenated alkanes) is 30. The molecule has 0 spiro atoms. The molecule has 0 fully saturated rings. The van der Waals surface area contributed by atoms with Gasteiger partial charge in [-0.05, 0) is 31.1 Å². The molecule has 0 rings (SSSR count). The van der Waals surface area contributed by atoms with E-state index in [-0.39, 0.29) is 31.1 Å². The third kappa shape index (κ3) is 45.3. The minimum absolute atomic E-state index is 0.0650. The van der Waals surface area contributed by atoms with Gasteiger partial charge in [0.1, 0.15) is 13.2 Å². The summed E-state index contributed by atoms with van der Waals surface area (Å²) in [6.45, 7) is 11.3. The van der Waals surface area contributed by atoms with E-state index in [2.05, 4.69) is 34.6 Å². The Labute approximate surface area is 355 Å². The van der Waals surface area contributed by atoms with E-state index in [1.54, 1.807) is 0 Å². The van der Waals surface area contributed by atoms with Crippen molar-refractivity contribution >= 4 is 17.9 Å². The van der Waals surface area contributed by atoms with E-state index in [4.69, 9.17) is 14.2 Å². The van der Waals surface area contributed by atoms with Gasteiger partial charge in [-0.1, -0.05) is 240 Å². The maximum Gasteiger partial charge on any atom is 0.306 e. The molecule has 6 heteroatoms. The molecule has 0 aromatic rings. The van der Waals surface area contributed by atoms with Gasteiger partial charge in [0.25, 0.3) is 0 Å². The van der Waals surface area contributed by atoms with Crippen LogP contribution in [-0.4, -0.2) is 37.2 Å². The Bertz CT molecular complexity index is 870. The molecule has 0 aliphatic carbocycles. The zero-order chi connectivity index (χ0) is 41.9. The molecule has 0 aromatic heterocycles. The second-order valence-corrected chi connectivity index (χ2v) is 18.4. The SMILES string of the molecule is CCCCCCCCCCCCCCCCCCCC(=O)O[C@H](COC(=O)CCCCCCCCCCCC(C)C)COC(=O)CCCCCCCCCC(C)C. The van der Waals surface area contributed by atoms with E-state index in [0.29, 0.717) is 19.3 Å². The summed E-state index contributed by atoms with van der Waals surface area (Å²) in [5, 5.41) is 0. The lowest BCUT2D eigenvalue weighted by Gasteiger charge is -2.18. The molecule has 0 saturated carbocycles. The third-order valence-corrected chi connectivity index (χ3v) is 11.5. The van der Waals surface area contributed by atoms with Crippen molar-refractivity contribution in [3.05, 3.63) is 0 Å². The Balaban J connectivity index is 4.29. The first kappa shape index (κ1) is 55.4. The van der Waals surface area contributed by atoms with Gasteiger partial charge in [0.15, 0.2) is 6.10 Å². The summed E-state index contributed by atoms with van der Waals surface area (Å²) in [6.07, 6.45) is 43.9. The molecular formula is C51H98O6. The molecule has 338 valence electrons. The second-order valence-electron chi connectivity index (χ2n) is 18.4. The molecule has 6 nitrogen and oxygen atoms in total. The van der Waals surface area contributed by atoms with Crippen molar-refractivity contribution in [1.82, 2.24) is 0 Å². The summed E-state index contributed by atoms with van der Waals surface area (Å²) < 4.78 is 16.8. The van der Waals surface area contributed by atoms with Gasteiger partial charge in [-0.2, -0.15) is 0 Å². The van der Waals surface area contributed by atoms with E-state index < -0.39 is 6.10 Å². The molecule has 0 N–H and O–H groups in total. The highest BCUT2D eigenvalue weighted by Crippen LogP contribution is 2.17. The van der Waals surface area contributed by atoms with Gasteiger partial charge in [-0.25, -0.2) is 0 Å². The maximum absolute atomic E-state index is 12.8. The first-order chi connectivity index (χ1) is 27.7. The fourth-order valence-corrected chi connectivity index (χ4v) is 7.64. The van der Waals surface area contributed by atoms with Gasteiger partial charge in [0.2, 0.25) is 0 Å². The normalized spacial score (nSPS) is 12.1. The Kier molecular flexibility index (Phi) is 42.7. The summed E-state index contributed by atoms with van der Waals surface area (Å²) in [7, 11) is 0. The van der Waals surface area contributed by atoms with Crippen molar-refractivity contribution in [3.8, 4) is 0 Å².